The van der Waals surface area contributed by atoms with Gasteiger partial charge >= 0.3 is 6.09 Å². The van der Waals surface area contributed by atoms with Gasteiger partial charge in [0.05, 0.1) is 6.04 Å². The number of carbonyl (C=O) groups is 2. The number of piperidine rings is 2. The first-order chi connectivity index (χ1) is 9.07. The molecule has 4 fully saturated rings. The summed E-state index contributed by atoms with van der Waals surface area (Å²) in [5.41, 5.74) is -0.457. The second-order valence-corrected chi connectivity index (χ2v) is 5.79. The van der Waals surface area contributed by atoms with Gasteiger partial charge in [0, 0.05) is 26.7 Å². The molecule has 0 radical (unpaired) electrons. The standard InChI is InChI=1S/C13H20N2O4/c1-14-7-10-13(19-12(14)17)5-3-9(4-6-13)15(10)11(16)8-18-2/h9-10H,3-8H2,1-2H3. The van der Waals surface area contributed by atoms with Crippen molar-refractivity contribution in [3.8, 4) is 0 Å². The highest BCUT2D eigenvalue weighted by Crippen LogP contribution is 2.47. The zero-order valence-corrected chi connectivity index (χ0v) is 11.4. The van der Waals surface area contributed by atoms with Crippen molar-refractivity contribution >= 4 is 12.0 Å². The minimum Gasteiger partial charge on any atom is -0.441 e. The zero-order valence-electron chi connectivity index (χ0n) is 11.4. The molecule has 1 unspecified atom stereocenters. The van der Waals surface area contributed by atoms with Gasteiger partial charge in [0.15, 0.2) is 0 Å². The van der Waals surface area contributed by atoms with Crippen LogP contribution in [-0.4, -0.2) is 66.8 Å². The average molecular weight is 268 g/mol. The fraction of sp³-hybridized carbons (Fsp3) is 0.846. The van der Waals surface area contributed by atoms with Gasteiger partial charge in [0.25, 0.3) is 0 Å². The first-order valence-corrected chi connectivity index (χ1v) is 6.81. The van der Waals surface area contributed by atoms with Crippen LogP contribution in [0.3, 0.4) is 0 Å². The Morgan fingerprint density at radius 2 is 2.16 bits per heavy atom. The largest absolute Gasteiger partial charge is 0.441 e. The fourth-order valence-electron chi connectivity index (χ4n) is 3.80. The Morgan fingerprint density at radius 1 is 1.47 bits per heavy atom. The van der Waals surface area contributed by atoms with Crippen LogP contribution in [0.4, 0.5) is 4.79 Å². The molecule has 1 saturated carbocycles. The Morgan fingerprint density at radius 3 is 2.79 bits per heavy atom. The van der Waals surface area contributed by atoms with E-state index in [2.05, 4.69) is 0 Å². The molecule has 4 rings (SSSR count). The maximum absolute atomic E-state index is 12.3. The highest BCUT2D eigenvalue weighted by atomic mass is 16.6. The molecule has 1 aliphatic carbocycles. The van der Waals surface area contributed by atoms with Crippen LogP contribution in [0.5, 0.6) is 0 Å². The molecule has 6 heteroatoms. The molecule has 4 aliphatic rings. The predicted octanol–water partition coefficient (Wildman–Crippen LogP) is 0.607. The van der Waals surface area contributed by atoms with E-state index in [4.69, 9.17) is 9.47 Å². The van der Waals surface area contributed by atoms with Crippen molar-refractivity contribution in [3.05, 3.63) is 0 Å². The molecule has 106 valence electrons. The van der Waals surface area contributed by atoms with E-state index >= 15 is 0 Å². The van der Waals surface area contributed by atoms with Gasteiger partial charge in [-0.05, 0) is 25.7 Å². The van der Waals surface area contributed by atoms with Crippen molar-refractivity contribution in [2.45, 2.75) is 43.4 Å². The zero-order chi connectivity index (χ0) is 13.6. The monoisotopic (exact) mass is 268 g/mol. The number of nitrogens with zero attached hydrogens (tertiary/aromatic N) is 2. The maximum atomic E-state index is 12.3. The number of hydrogen-bond donors (Lipinski definition) is 0. The van der Waals surface area contributed by atoms with Crippen LogP contribution < -0.4 is 0 Å². The van der Waals surface area contributed by atoms with E-state index < -0.39 is 5.60 Å². The summed E-state index contributed by atoms with van der Waals surface area (Å²) in [5.74, 6) is 0.00706. The van der Waals surface area contributed by atoms with E-state index in [1.54, 1.807) is 11.9 Å². The third kappa shape index (κ3) is 1.81. The van der Waals surface area contributed by atoms with Gasteiger partial charge in [-0.15, -0.1) is 0 Å². The Labute approximate surface area is 112 Å². The summed E-state index contributed by atoms with van der Waals surface area (Å²) in [6, 6.07) is 0.255. The summed E-state index contributed by atoms with van der Waals surface area (Å²) in [6.07, 6.45) is 3.32. The number of methoxy groups -OCH3 is 1. The molecule has 6 nitrogen and oxygen atoms in total. The van der Waals surface area contributed by atoms with Crippen LogP contribution in [0.2, 0.25) is 0 Å². The van der Waals surface area contributed by atoms with E-state index in [0.717, 1.165) is 25.7 Å². The van der Waals surface area contributed by atoms with E-state index in [1.165, 1.54) is 7.11 Å². The highest BCUT2D eigenvalue weighted by molar-refractivity contribution is 5.79. The molecule has 3 saturated heterocycles. The number of ether oxygens (including phenoxy) is 2. The third-order valence-electron chi connectivity index (χ3n) is 4.74. The van der Waals surface area contributed by atoms with Crippen LogP contribution >= 0.6 is 0 Å². The van der Waals surface area contributed by atoms with E-state index in [1.807, 2.05) is 4.90 Å². The Bertz CT molecular complexity index is 403. The number of rotatable bonds is 2. The first kappa shape index (κ1) is 12.7. The van der Waals surface area contributed by atoms with Crippen LogP contribution in [0.1, 0.15) is 25.7 Å². The normalized spacial score (nSPS) is 37.1. The van der Waals surface area contributed by atoms with Crippen molar-refractivity contribution in [3.63, 3.8) is 0 Å². The molecule has 0 aromatic carbocycles. The maximum Gasteiger partial charge on any atom is 0.410 e. The van der Waals surface area contributed by atoms with Gasteiger partial charge in [-0.2, -0.15) is 0 Å². The van der Waals surface area contributed by atoms with E-state index in [0.29, 0.717) is 6.54 Å². The summed E-state index contributed by atoms with van der Waals surface area (Å²) in [5, 5.41) is 0. The van der Waals surface area contributed by atoms with E-state index in [9.17, 15) is 9.59 Å². The molecule has 0 N–H and O–H groups in total. The average Bonchev–Trinajstić information content (AvgIpc) is 2.39. The molecule has 1 spiro atoms. The smallest absolute Gasteiger partial charge is 0.410 e. The Balaban J connectivity index is 1.90. The summed E-state index contributed by atoms with van der Waals surface area (Å²) >= 11 is 0. The number of amides is 2. The van der Waals surface area contributed by atoms with Gasteiger partial charge in [-0.1, -0.05) is 0 Å². The lowest BCUT2D eigenvalue weighted by Crippen LogP contribution is -2.73. The van der Waals surface area contributed by atoms with Crippen molar-refractivity contribution in [2.75, 3.05) is 27.3 Å². The first-order valence-electron chi connectivity index (χ1n) is 6.81. The fourth-order valence-corrected chi connectivity index (χ4v) is 3.80. The van der Waals surface area contributed by atoms with Gasteiger partial charge < -0.3 is 19.3 Å². The lowest BCUT2D eigenvalue weighted by molar-refractivity contribution is -0.188. The minimum atomic E-state index is -0.457. The van der Waals surface area contributed by atoms with Crippen molar-refractivity contribution < 1.29 is 19.1 Å². The summed E-state index contributed by atoms with van der Waals surface area (Å²) < 4.78 is 10.7. The molecule has 2 bridgehead atoms. The van der Waals surface area contributed by atoms with E-state index in [-0.39, 0.29) is 30.7 Å². The van der Waals surface area contributed by atoms with Gasteiger partial charge in [-0.3, -0.25) is 4.79 Å². The predicted molar refractivity (Wildman–Crippen MR) is 66.6 cm³/mol. The van der Waals surface area contributed by atoms with Gasteiger partial charge in [-0.25, -0.2) is 4.79 Å². The minimum absolute atomic E-state index is 0.00706. The number of fused-ring (bicyclic) bond motifs is 2. The Hall–Kier alpha value is -1.30. The second kappa shape index (κ2) is 4.37. The molecule has 2 amide bonds. The third-order valence-corrected chi connectivity index (χ3v) is 4.74. The Kier molecular flexibility index (Phi) is 2.92. The lowest BCUT2D eigenvalue weighted by Gasteiger charge is -2.60. The summed E-state index contributed by atoms with van der Waals surface area (Å²) in [4.78, 5) is 27.6. The topological polar surface area (TPSA) is 59.1 Å². The van der Waals surface area contributed by atoms with Crippen LogP contribution in [0.25, 0.3) is 0 Å². The molecule has 19 heavy (non-hydrogen) atoms. The van der Waals surface area contributed by atoms with Gasteiger partial charge in [0.2, 0.25) is 5.91 Å². The van der Waals surface area contributed by atoms with Crippen molar-refractivity contribution in [1.82, 2.24) is 9.80 Å². The van der Waals surface area contributed by atoms with Crippen LogP contribution in [-0.2, 0) is 14.3 Å². The molecular formula is C13H20N2O4. The highest BCUT2D eigenvalue weighted by Gasteiger charge is 2.58. The summed E-state index contributed by atoms with van der Waals surface area (Å²) in [6.45, 7) is 0.658. The molecular weight excluding hydrogens is 248 g/mol. The van der Waals surface area contributed by atoms with Gasteiger partial charge in [0.1, 0.15) is 12.2 Å². The van der Waals surface area contributed by atoms with Crippen molar-refractivity contribution in [1.29, 1.82) is 0 Å². The molecule has 0 aromatic rings. The molecule has 1 atom stereocenters. The molecule has 3 aliphatic heterocycles. The number of likely N-dealkylation sites (N-methyl/N-ethyl adjacent to an activating group) is 1. The molecule has 3 heterocycles. The lowest BCUT2D eigenvalue weighted by atomic mass is 9.70. The summed E-state index contributed by atoms with van der Waals surface area (Å²) in [7, 11) is 3.25. The SMILES string of the molecule is COCC(=O)N1C2CCC3(CC2)OC(=O)N(C)CC13. The molecule has 0 aromatic heterocycles. The van der Waals surface area contributed by atoms with Crippen LogP contribution in [0, 0.1) is 0 Å². The van der Waals surface area contributed by atoms with Crippen molar-refractivity contribution in [2.24, 2.45) is 0 Å². The quantitative estimate of drug-likeness (QED) is 0.736. The number of carbonyl (C=O) groups excluding carboxylic acids is 2. The number of hydrogen-bond acceptors (Lipinski definition) is 4. The second-order valence-electron chi connectivity index (χ2n) is 5.79. The van der Waals surface area contributed by atoms with Crippen LogP contribution in [0.15, 0.2) is 0 Å².